The van der Waals surface area contributed by atoms with Crippen LogP contribution in [0.4, 0.5) is 5.69 Å². The molecule has 5 rings (SSSR count). The number of hydrogen-bond donors (Lipinski definition) is 2. The van der Waals surface area contributed by atoms with Crippen molar-refractivity contribution in [1.29, 1.82) is 0 Å². The van der Waals surface area contributed by atoms with Gasteiger partial charge in [-0.1, -0.05) is 0 Å². The van der Waals surface area contributed by atoms with Gasteiger partial charge >= 0.3 is 0 Å². The lowest BCUT2D eigenvalue weighted by atomic mass is 10.1. The van der Waals surface area contributed by atoms with Crippen molar-refractivity contribution < 1.29 is 9.59 Å². The third-order valence-electron chi connectivity index (χ3n) is 5.76. The van der Waals surface area contributed by atoms with Crippen LogP contribution < -0.4 is 5.32 Å². The minimum absolute atomic E-state index is 0.0162. The van der Waals surface area contributed by atoms with E-state index < -0.39 is 0 Å². The number of nitrogens with zero attached hydrogens (tertiary/aromatic N) is 3. The van der Waals surface area contributed by atoms with Gasteiger partial charge in [0.2, 0.25) is 5.91 Å². The summed E-state index contributed by atoms with van der Waals surface area (Å²) in [5, 5.41) is 10.9. The molecule has 2 aliphatic heterocycles. The van der Waals surface area contributed by atoms with Gasteiger partial charge < -0.3 is 10.2 Å². The Balaban J connectivity index is 1.43. The maximum absolute atomic E-state index is 13.0. The number of carbonyl (C=O) groups excluding carboxylic acids is 2. The summed E-state index contributed by atoms with van der Waals surface area (Å²) in [7, 11) is 2.12. The van der Waals surface area contributed by atoms with Crippen LogP contribution in [0.25, 0.3) is 10.9 Å². The van der Waals surface area contributed by atoms with Crippen LogP contribution in [0, 0.1) is 5.92 Å². The first-order valence-corrected chi connectivity index (χ1v) is 8.90. The highest BCUT2D eigenvalue weighted by Gasteiger charge is 2.44. The molecule has 25 heavy (non-hydrogen) atoms. The van der Waals surface area contributed by atoms with Crippen LogP contribution in [-0.4, -0.2) is 64.0 Å². The molecule has 130 valence electrons. The third-order valence-corrected chi connectivity index (χ3v) is 5.76. The average molecular weight is 339 g/mol. The van der Waals surface area contributed by atoms with E-state index in [0.717, 1.165) is 48.9 Å². The fourth-order valence-electron chi connectivity index (χ4n) is 4.10. The lowest BCUT2D eigenvalue weighted by Crippen LogP contribution is -2.47. The van der Waals surface area contributed by atoms with Crippen molar-refractivity contribution in [3.8, 4) is 0 Å². The second-order valence-electron chi connectivity index (χ2n) is 7.54. The van der Waals surface area contributed by atoms with Crippen LogP contribution in [0.1, 0.15) is 29.8 Å². The number of anilines is 1. The molecule has 2 bridgehead atoms. The molecular formula is C18H21N5O2. The van der Waals surface area contributed by atoms with Crippen molar-refractivity contribution in [2.75, 3.05) is 25.5 Å². The quantitative estimate of drug-likeness (QED) is 0.887. The standard InChI is InChI=1S/C18H21N5O2/c1-22-8-13-7-12(22)9-23(13)18(25)16-14-6-11(4-5-15(14)20-21-16)19-17(24)10-2-3-10/h4-6,10,12-13H,2-3,7-9H2,1H3,(H,19,24)(H,20,21). The molecule has 7 heteroatoms. The van der Waals surface area contributed by atoms with Gasteiger partial charge in [0.05, 0.1) is 5.52 Å². The Morgan fingerprint density at radius 2 is 2.08 bits per heavy atom. The van der Waals surface area contributed by atoms with Gasteiger partial charge in [-0.15, -0.1) is 0 Å². The molecule has 1 aromatic carbocycles. The normalized spacial score (nSPS) is 25.7. The third kappa shape index (κ3) is 2.41. The lowest BCUT2D eigenvalue weighted by molar-refractivity contribution is -0.117. The molecule has 2 saturated heterocycles. The number of likely N-dealkylation sites (tertiary alicyclic amines) is 2. The molecule has 1 aromatic heterocycles. The first-order valence-electron chi connectivity index (χ1n) is 8.90. The molecule has 1 aliphatic carbocycles. The van der Waals surface area contributed by atoms with Crippen molar-refractivity contribution in [1.82, 2.24) is 20.0 Å². The largest absolute Gasteiger partial charge is 0.331 e. The Morgan fingerprint density at radius 1 is 1.24 bits per heavy atom. The zero-order chi connectivity index (χ0) is 17.1. The highest BCUT2D eigenvalue weighted by Crippen LogP contribution is 2.33. The van der Waals surface area contributed by atoms with Gasteiger partial charge in [0.25, 0.3) is 5.91 Å². The number of fused-ring (bicyclic) bond motifs is 3. The number of aromatic nitrogens is 2. The molecule has 2 N–H and O–H groups in total. The molecule has 2 unspecified atom stereocenters. The highest BCUT2D eigenvalue weighted by atomic mass is 16.2. The van der Waals surface area contributed by atoms with Crippen molar-refractivity contribution >= 4 is 28.4 Å². The first-order chi connectivity index (χ1) is 12.1. The molecule has 2 amide bonds. The van der Waals surface area contributed by atoms with E-state index in [0.29, 0.717) is 11.7 Å². The number of rotatable bonds is 3. The number of H-pyrrole nitrogens is 1. The van der Waals surface area contributed by atoms with Gasteiger partial charge in [0, 0.05) is 42.2 Å². The Bertz CT molecular complexity index is 869. The zero-order valence-electron chi connectivity index (χ0n) is 14.2. The van der Waals surface area contributed by atoms with Crippen LogP contribution in [0.15, 0.2) is 18.2 Å². The van der Waals surface area contributed by atoms with Crippen LogP contribution in [0.3, 0.4) is 0 Å². The monoisotopic (exact) mass is 339 g/mol. The Hall–Kier alpha value is -2.41. The van der Waals surface area contributed by atoms with E-state index in [4.69, 9.17) is 0 Å². The number of likely N-dealkylation sites (N-methyl/N-ethyl adjacent to an activating group) is 1. The molecule has 3 heterocycles. The fraction of sp³-hybridized carbons (Fsp3) is 0.500. The maximum atomic E-state index is 13.0. The van der Waals surface area contributed by atoms with Crippen molar-refractivity contribution in [3.05, 3.63) is 23.9 Å². The predicted octanol–water partition coefficient (Wildman–Crippen LogP) is 1.44. The molecule has 1 saturated carbocycles. The summed E-state index contributed by atoms with van der Waals surface area (Å²) >= 11 is 0. The zero-order valence-corrected chi connectivity index (χ0v) is 14.2. The molecule has 0 radical (unpaired) electrons. The maximum Gasteiger partial charge on any atom is 0.275 e. The number of carbonyl (C=O) groups is 2. The number of piperazine rings is 1. The SMILES string of the molecule is CN1CC2CC1CN2C(=O)c1n[nH]c2ccc(NC(=O)C3CC3)cc12. The fourth-order valence-corrected chi connectivity index (χ4v) is 4.10. The molecule has 0 spiro atoms. The minimum atomic E-state index is -0.0162. The van der Waals surface area contributed by atoms with Gasteiger partial charge in [-0.05, 0) is 44.5 Å². The Labute approximate surface area is 145 Å². The summed E-state index contributed by atoms with van der Waals surface area (Å²) in [6.45, 7) is 1.70. The summed E-state index contributed by atoms with van der Waals surface area (Å²) in [4.78, 5) is 29.3. The number of nitrogens with one attached hydrogen (secondary N) is 2. The molecule has 3 fully saturated rings. The molecular weight excluding hydrogens is 318 g/mol. The summed E-state index contributed by atoms with van der Waals surface area (Å²) in [5.41, 5.74) is 1.99. The number of benzene rings is 1. The van der Waals surface area contributed by atoms with Gasteiger partial charge in [-0.2, -0.15) is 5.10 Å². The summed E-state index contributed by atoms with van der Waals surface area (Å²) in [6, 6.07) is 6.32. The van der Waals surface area contributed by atoms with Gasteiger partial charge in [-0.25, -0.2) is 0 Å². The topological polar surface area (TPSA) is 81.3 Å². The molecule has 7 nitrogen and oxygen atoms in total. The van der Waals surface area contributed by atoms with Crippen molar-refractivity contribution in [2.45, 2.75) is 31.3 Å². The van der Waals surface area contributed by atoms with E-state index in [9.17, 15) is 9.59 Å². The number of hydrogen-bond acceptors (Lipinski definition) is 4. The van der Waals surface area contributed by atoms with E-state index >= 15 is 0 Å². The van der Waals surface area contributed by atoms with Gasteiger partial charge in [0.1, 0.15) is 0 Å². The highest BCUT2D eigenvalue weighted by molar-refractivity contribution is 6.06. The number of amides is 2. The molecule has 3 aliphatic rings. The Morgan fingerprint density at radius 3 is 2.76 bits per heavy atom. The lowest BCUT2D eigenvalue weighted by Gasteiger charge is -2.31. The van der Waals surface area contributed by atoms with E-state index in [-0.39, 0.29) is 23.8 Å². The van der Waals surface area contributed by atoms with Crippen molar-refractivity contribution in [3.63, 3.8) is 0 Å². The minimum Gasteiger partial charge on any atom is -0.331 e. The van der Waals surface area contributed by atoms with Gasteiger partial charge in [-0.3, -0.25) is 19.6 Å². The van der Waals surface area contributed by atoms with Crippen LogP contribution in [-0.2, 0) is 4.79 Å². The van der Waals surface area contributed by atoms with E-state index in [1.54, 1.807) is 0 Å². The van der Waals surface area contributed by atoms with Crippen LogP contribution >= 0.6 is 0 Å². The number of aromatic amines is 1. The smallest absolute Gasteiger partial charge is 0.275 e. The van der Waals surface area contributed by atoms with E-state index in [2.05, 4.69) is 27.5 Å². The van der Waals surface area contributed by atoms with E-state index in [1.807, 2.05) is 23.1 Å². The summed E-state index contributed by atoms with van der Waals surface area (Å²) < 4.78 is 0. The van der Waals surface area contributed by atoms with Crippen molar-refractivity contribution in [2.24, 2.45) is 5.92 Å². The second-order valence-corrected chi connectivity index (χ2v) is 7.54. The van der Waals surface area contributed by atoms with Gasteiger partial charge in [0.15, 0.2) is 5.69 Å². The second kappa shape index (κ2) is 5.29. The van der Waals surface area contributed by atoms with Crippen LogP contribution in [0.5, 0.6) is 0 Å². The molecule has 2 atom stereocenters. The Kier molecular flexibility index (Phi) is 3.15. The average Bonchev–Trinajstić information content (AvgIpc) is 3.10. The summed E-state index contributed by atoms with van der Waals surface area (Å²) in [5.74, 6) is 0.200. The first kappa shape index (κ1) is 14.9. The van der Waals surface area contributed by atoms with Crippen LogP contribution in [0.2, 0.25) is 0 Å². The summed E-state index contributed by atoms with van der Waals surface area (Å²) in [6.07, 6.45) is 2.98. The van der Waals surface area contributed by atoms with E-state index in [1.165, 1.54) is 0 Å². The molecule has 2 aromatic rings. The predicted molar refractivity (Wildman–Crippen MR) is 93.3 cm³/mol.